The van der Waals surface area contributed by atoms with Crippen LogP contribution in [0.2, 0.25) is 0 Å². The zero-order valence-corrected chi connectivity index (χ0v) is 16.6. The number of pyridine rings is 1. The second-order valence-corrected chi connectivity index (χ2v) is 7.31. The van der Waals surface area contributed by atoms with E-state index in [1.807, 2.05) is 13.0 Å². The highest BCUT2D eigenvalue weighted by Gasteiger charge is 2.31. The van der Waals surface area contributed by atoms with Gasteiger partial charge in [-0.25, -0.2) is 19.9 Å². The van der Waals surface area contributed by atoms with E-state index >= 15 is 0 Å². The Morgan fingerprint density at radius 3 is 2.73 bits per heavy atom. The summed E-state index contributed by atoms with van der Waals surface area (Å²) in [6.07, 6.45) is -1.13. The molecule has 0 atom stereocenters. The fourth-order valence-corrected chi connectivity index (χ4v) is 3.54. The minimum atomic E-state index is -4.44. The first kappa shape index (κ1) is 20.0. The van der Waals surface area contributed by atoms with Crippen LogP contribution in [0.3, 0.4) is 0 Å². The summed E-state index contributed by atoms with van der Waals surface area (Å²) < 4.78 is 44.0. The SMILES string of the molecule is Cc1cc(Oc2cc(C(F)(F)F)ccn2)ccc1CCNc1ncnc2scnc12. The lowest BCUT2D eigenvalue weighted by molar-refractivity contribution is -0.137. The number of nitrogens with zero attached hydrogens (tertiary/aromatic N) is 4. The van der Waals surface area contributed by atoms with E-state index in [0.29, 0.717) is 18.1 Å². The lowest BCUT2D eigenvalue weighted by Crippen LogP contribution is -2.08. The van der Waals surface area contributed by atoms with Gasteiger partial charge in [-0.3, -0.25) is 0 Å². The number of benzene rings is 1. The molecule has 0 unspecified atom stereocenters. The Labute approximate surface area is 173 Å². The fourth-order valence-electron chi connectivity index (χ4n) is 2.91. The molecule has 0 bridgehead atoms. The summed E-state index contributed by atoms with van der Waals surface area (Å²) in [6, 6.07) is 7.17. The van der Waals surface area contributed by atoms with Crippen molar-refractivity contribution in [2.75, 3.05) is 11.9 Å². The Kier molecular flexibility index (Phi) is 5.49. The smallest absolute Gasteiger partial charge is 0.416 e. The molecule has 1 aromatic carbocycles. The molecule has 154 valence electrons. The Morgan fingerprint density at radius 2 is 1.93 bits per heavy atom. The summed E-state index contributed by atoms with van der Waals surface area (Å²) >= 11 is 1.45. The zero-order valence-electron chi connectivity index (χ0n) is 15.8. The van der Waals surface area contributed by atoms with Crippen LogP contribution in [0.5, 0.6) is 11.6 Å². The van der Waals surface area contributed by atoms with Gasteiger partial charge in [-0.1, -0.05) is 6.07 Å². The average molecular weight is 431 g/mol. The highest BCUT2D eigenvalue weighted by atomic mass is 32.1. The van der Waals surface area contributed by atoms with Crippen LogP contribution in [0.4, 0.5) is 19.0 Å². The van der Waals surface area contributed by atoms with Gasteiger partial charge in [0.2, 0.25) is 5.88 Å². The van der Waals surface area contributed by atoms with E-state index in [1.54, 1.807) is 17.6 Å². The summed E-state index contributed by atoms with van der Waals surface area (Å²) in [5.74, 6) is 1.01. The van der Waals surface area contributed by atoms with Gasteiger partial charge in [0.05, 0.1) is 11.1 Å². The van der Waals surface area contributed by atoms with E-state index in [4.69, 9.17) is 4.74 Å². The molecule has 4 rings (SSSR count). The summed E-state index contributed by atoms with van der Waals surface area (Å²) in [5.41, 5.74) is 3.72. The number of anilines is 1. The van der Waals surface area contributed by atoms with Crippen molar-refractivity contribution in [1.82, 2.24) is 19.9 Å². The highest BCUT2D eigenvalue weighted by Crippen LogP contribution is 2.32. The molecule has 0 amide bonds. The summed E-state index contributed by atoms with van der Waals surface area (Å²) in [4.78, 5) is 17.4. The highest BCUT2D eigenvalue weighted by molar-refractivity contribution is 7.16. The van der Waals surface area contributed by atoms with E-state index in [9.17, 15) is 13.2 Å². The molecule has 0 saturated heterocycles. The Balaban J connectivity index is 1.40. The molecule has 0 aliphatic rings. The molecule has 0 fully saturated rings. The van der Waals surface area contributed by atoms with Gasteiger partial charge >= 0.3 is 6.18 Å². The van der Waals surface area contributed by atoms with E-state index in [1.165, 1.54) is 17.7 Å². The monoisotopic (exact) mass is 431 g/mol. The molecule has 0 radical (unpaired) electrons. The Hall–Kier alpha value is -3.27. The van der Waals surface area contributed by atoms with Gasteiger partial charge in [-0.05, 0) is 42.7 Å². The first-order valence-electron chi connectivity index (χ1n) is 8.99. The van der Waals surface area contributed by atoms with Crippen molar-refractivity contribution in [2.45, 2.75) is 19.5 Å². The largest absolute Gasteiger partial charge is 0.439 e. The number of fused-ring (bicyclic) bond motifs is 1. The quantitative estimate of drug-likeness (QED) is 0.449. The molecule has 4 aromatic rings. The third-order valence-electron chi connectivity index (χ3n) is 4.42. The van der Waals surface area contributed by atoms with E-state index < -0.39 is 11.7 Å². The van der Waals surface area contributed by atoms with Crippen LogP contribution in [0.25, 0.3) is 10.3 Å². The molecule has 30 heavy (non-hydrogen) atoms. The van der Waals surface area contributed by atoms with Crippen LogP contribution in [0, 0.1) is 6.92 Å². The first-order chi connectivity index (χ1) is 14.4. The Bertz CT molecular complexity index is 1180. The number of ether oxygens (including phenoxy) is 1. The second-order valence-electron chi connectivity index (χ2n) is 6.48. The zero-order chi connectivity index (χ0) is 21.1. The second kappa shape index (κ2) is 8.23. The number of thiazole rings is 1. The maximum Gasteiger partial charge on any atom is 0.416 e. The van der Waals surface area contributed by atoms with Gasteiger partial charge in [-0.2, -0.15) is 13.2 Å². The number of hydrogen-bond donors (Lipinski definition) is 1. The predicted octanol–water partition coefficient (Wildman–Crippen LogP) is 5.26. The molecule has 1 N–H and O–H groups in total. The number of hydrogen-bond acceptors (Lipinski definition) is 7. The van der Waals surface area contributed by atoms with Crippen molar-refractivity contribution >= 4 is 27.5 Å². The third-order valence-corrected chi connectivity index (χ3v) is 5.15. The summed E-state index contributed by atoms with van der Waals surface area (Å²) in [6.45, 7) is 2.56. The van der Waals surface area contributed by atoms with Crippen molar-refractivity contribution in [3.63, 3.8) is 0 Å². The number of aryl methyl sites for hydroxylation is 1. The first-order valence-corrected chi connectivity index (χ1v) is 9.87. The molecule has 0 saturated carbocycles. The van der Waals surface area contributed by atoms with E-state index in [-0.39, 0.29) is 5.88 Å². The molecule has 0 spiro atoms. The maximum atomic E-state index is 12.8. The fraction of sp³-hybridized carbons (Fsp3) is 0.200. The van der Waals surface area contributed by atoms with Crippen LogP contribution in [-0.4, -0.2) is 26.5 Å². The van der Waals surface area contributed by atoms with Gasteiger partial charge in [0, 0.05) is 18.8 Å². The number of nitrogens with one attached hydrogen (secondary N) is 1. The maximum absolute atomic E-state index is 12.8. The molecular formula is C20H16F3N5OS. The molecule has 10 heteroatoms. The molecule has 3 aromatic heterocycles. The summed E-state index contributed by atoms with van der Waals surface area (Å²) in [7, 11) is 0. The van der Waals surface area contributed by atoms with Crippen LogP contribution in [-0.2, 0) is 12.6 Å². The van der Waals surface area contributed by atoms with Gasteiger partial charge in [0.1, 0.15) is 22.4 Å². The number of halogens is 3. The predicted molar refractivity (Wildman–Crippen MR) is 108 cm³/mol. The van der Waals surface area contributed by atoms with E-state index in [2.05, 4.69) is 25.3 Å². The van der Waals surface area contributed by atoms with Crippen molar-refractivity contribution in [1.29, 1.82) is 0 Å². The third kappa shape index (κ3) is 4.48. The van der Waals surface area contributed by atoms with Crippen LogP contribution in [0.1, 0.15) is 16.7 Å². The van der Waals surface area contributed by atoms with Crippen molar-refractivity contribution < 1.29 is 17.9 Å². The Morgan fingerprint density at radius 1 is 1.07 bits per heavy atom. The van der Waals surface area contributed by atoms with Gasteiger partial charge in [-0.15, -0.1) is 11.3 Å². The molecule has 0 aliphatic carbocycles. The number of alkyl halides is 3. The number of rotatable bonds is 6. The standard InChI is InChI=1S/C20H16F3N5OS/c1-12-8-15(29-16-9-14(5-7-24-16)20(21,22)23)3-2-13(12)4-6-25-18-17-19(27-10-26-18)30-11-28-17/h2-3,5,7-11H,4,6H2,1H3,(H,25,26,27). The van der Waals surface area contributed by atoms with Crippen LogP contribution < -0.4 is 10.1 Å². The van der Waals surface area contributed by atoms with Crippen LogP contribution >= 0.6 is 11.3 Å². The van der Waals surface area contributed by atoms with E-state index in [0.717, 1.165) is 46.2 Å². The van der Waals surface area contributed by atoms with Gasteiger partial charge in [0.15, 0.2) is 5.82 Å². The average Bonchev–Trinajstić information content (AvgIpc) is 3.19. The molecule has 0 aliphatic heterocycles. The lowest BCUT2D eigenvalue weighted by atomic mass is 10.1. The molecule has 6 nitrogen and oxygen atoms in total. The van der Waals surface area contributed by atoms with Gasteiger partial charge in [0.25, 0.3) is 0 Å². The van der Waals surface area contributed by atoms with Crippen molar-refractivity contribution in [2.24, 2.45) is 0 Å². The molecule has 3 heterocycles. The van der Waals surface area contributed by atoms with Gasteiger partial charge < -0.3 is 10.1 Å². The minimum Gasteiger partial charge on any atom is -0.439 e. The normalized spacial score (nSPS) is 11.6. The lowest BCUT2D eigenvalue weighted by Gasteiger charge is -2.12. The summed E-state index contributed by atoms with van der Waals surface area (Å²) in [5, 5.41) is 3.27. The minimum absolute atomic E-state index is 0.102. The number of aromatic nitrogens is 4. The van der Waals surface area contributed by atoms with Crippen molar-refractivity contribution in [3.8, 4) is 11.6 Å². The van der Waals surface area contributed by atoms with Crippen LogP contribution in [0.15, 0.2) is 48.4 Å². The molecular weight excluding hydrogens is 415 g/mol. The topological polar surface area (TPSA) is 72.8 Å². The van der Waals surface area contributed by atoms with Crippen molar-refractivity contribution in [3.05, 3.63) is 65.1 Å².